The average molecular weight is 299 g/mol. The lowest BCUT2D eigenvalue weighted by atomic mass is 10.2. The van der Waals surface area contributed by atoms with Crippen LogP contribution < -0.4 is 5.32 Å². The van der Waals surface area contributed by atoms with Crippen LogP contribution in [0.3, 0.4) is 0 Å². The molecule has 2 nitrogen and oxygen atoms in total. The number of aromatic nitrogens is 1. The number of anilines is 1. The predicted octanol–water partition coefficient (Wildman–Crippen LogP) is 4.66. The van der Waals surface area contributed by atoms with E-state index < -0.39 is 0 Å². The molecule has 0 spiro atoms. The molecule has 0 aliphatic heterocycles. The fraction of sp³-hybridized carbons (Fsp3) is 0.417. The number of unbranched alkanes of at least 4 members (excludes halogenated alkanes) is 2. The van der Waals surface area contributed by atoms with E-state index >= 15 is 0 Å². The first kappa shape index (κ1) is 11.9. The van der Waals surface area contributed by atoms with Crippen LogP contribution >= 0.6 is 27.3 Å². The summed E-state index contributed by atoms with van der Waals surface area (Å²) in [6.07, 6.45) is 3.76. The molecule has 0 fully saturated rings. The third kappa shape index (κ3) is 2.95. The molecular formula is C12H15BrN2S. The van der Waals surface area contributed by atoms with Crippen molar-refractivity contribution >= 4 is 42.6 Å². The van der Waals surface area contributed by atoms with Gasteiger partial charge in [0.1, 0.15) is 0 Å². The Morgan fingerprint density at radius 2 is 2.25 bits per heavy atom. The van der Waals surface area contributed by atoms with Crippen molar-refractivity contribution in [2.24, 2.45) is 0 Å². The summed E-state index contributed by atoms with van der Waals surface area (Å²) in [6.45, 7) is 3.24. The van der Waals surface area contributed by atoms with E-state index in [1.165, 1.54) is 24.0 Å². The molecule has 2 aromatic rings. The minimum absolute atomic E-state index is 1.02. The summed E-state index contributed by atoms with van der Waals surface area (Å²) in [4.78, 5) is 4.54. The Morgan fingerprint density at radius 1 is 1.38 bits per heavy atom. The highest BCUT2D eigenvalue weighted by Gasteiger charge is 2.02. The zero-order valence-electron chi connectivity index (χ0n) is 9.29. The molecule has 0 bridgehead atoms. The number of benzene rings is 1. The molecule has 0 aliphatic carbocycles. The fourth-order valence-electron chi connectivity index (χ4n) is 1.54. The second kappa shape index (κ2) is 5.64. The summed E-state index contributed by atoms with van der Waals surface area (Å²) < 4.78 is 2.34. The van der Waals surface area contributed by atoms with E-state index in [9.17, 15) is 0 Å². The van der Waals surface area contributed by atoms with Gasteiger partial charge >= 0.3 is 0 Å². The molecule has 2 rings (SSSR count). The Labute approximate surface area is 108 Å². The minimum atomic E-state index is 1.02. The zero-order valence-corrected chi connectivity index (χ0v) is 11.7. The van der Waals surface area contributed by atoms with Crippen LogP contribution in [0.4, 0.5) is 5.13 Å². The van der Waals surface area contributed by atoms with Crippen LogP contribution in [0.1, 0.15) is 26.2 Å². The molecule has 0 atom stereocenters. The quantitative estimate of drug-likeness (QED) is 0.812. The number of nitrogens with zero attached hydrogens (tertiary/aromatic N) is 1. The first-order valence-corrected chi connectivity index (χ1v) is 7.20. The lowest BCUT2D eigenvalue weighted by Crippen LogP contribution is -2.00. The van der Waals surface area contributed by atoms with Gasteiger partial charge in [0.15, 0.2) is 5.13 Å². The van der Waals surface area contributed by atoms with Crippen LogP contribution in [0.15, 0.2) is 22.7 Å². The highest BCUT2D eigenvalue weighted by atomic mass is 79.9. The summed E-state index contributed by atoms with van der Waals surface area (Å²) in [7, 11) is 0. The summed E-state index contributed by atoms with van der Waals surface area (Å²) in [6, 6.07) is 6.19. The number of thiazole rings is 1. The van der Waals surface area contributed by atoms with E-state index in [0.717, 1.165) is 21.7 Å². The number of halogens is 1. The van der Waals surface area contributed by atoms with Gasteiger partial charge in [-0.05, 0) is 24.6 Å². The molecular weight excluding hydrogens is 284 g/mol. The molecule has 1 aromatic heterocycles. The van der Waals surface area contributed by atoms with Gasteiger partial charge in [-0.3, -0.25) is 0 Å². The second-order valence-corrected chi connectivity index (χ2v) is 5.71. The van der Waals surface area contributed by atoms with Crippen molar-refractivity contribution in [3.8, 4) is 0 Å². The third-order valence-electron chi connectivity index (χ3n) is 2.41. The number of nitrogens with one attached hydrogen (secondary N) is 1. The van der Waals surface area contributed by atoms with Gasteiger partial charge in [0.2, 0.25) is 0 Å². The van der Waals surface area contributed by atoms with Gasteiger partial charge in [0, 0.05) is 11.0 Å². The average Bonchev–Trinajstić information content (AvgIpc) is 2.66. The summed E-state index contributed by atoms with van der Waals surface area (Å²) in [5.74, 6) is 0. The Bertz CT molecular complexity index is 467. The van der Waals surface area contributed by atoms with Crippen LogP contribution in [0, 0.1) is 0 Å². The normalized spacial score (nSPS) is 10.9. The van der Waals surface area contributed by atoms with Crippen molar-refractivity contribution in [3.63, 3.8) is 0 Å². The molecule has 0 radical (unpaired) electrons. The smallest absolute Gasteiger partial charge is 0.183 e. The summed E-state index contributed by atoms with van der Waals surface area (Å²) in [5.41, 5.74) is 1.08. The van der Waals surface area contributed by atoms with Crippen LogP contribution in [0.25, 0.3) is 10.2 Å². The summed E-state index contributed by atoms with van der Waals surface area (Å²) >= 11 is 5.19. The number of hydrogen-bond acceptors (Lipinski definition) is 3. The van der Waals surface area contributed by atoms with E-state index in [2.05, 4.69) is 39.2 Å². The van der Waals surface area contributed by atoms with Gasteiger partial charge in [0.25, 0.3) is 0 Å². The van der Waals surface area contributed by atoms with Gasteiger partial charge in [-0.15, -0.1) is 0 Å². The zero-order chi connectivity index (χ0) is 11.4. The maximum absolute atomic E-state index is 4.54. The SMILES string of the molecule is CCCCCNc1nc2ccc(Br)cc2s1. The van der Waals surface area contributed by atoms with Gasteiger partial charge in [-0.25, -0.2) is 4.98 Å². The van der Waals surface area contributed by atoms with Crippen molar-refractivity contribution in [1.82, 2.24) is 4.98 Å². The predicted molar refractivity (Wildman–Crippen MR) is 75.3 cm³/mol. The van der Waals surface area contributed by atoms with E-state index in [1.54, 1.807) is 11.3 Å². The molecule has 86 valence electrons. The monoisotopic (exact) mass is 298 g/mol. The second-order valence-electron chi connectivity index (χ2n) is 3.76. The molecule has 1 N–H and O–H groups in total. The Hall–Kier alpha value is -0.610. The van der Waals surface area contributed by atoms with E-state index in [1.807, 2.05) is 12.1 Å². The van der Waals surface area contributed by atoms with Crippen LogP contribution in [-0.2, 0) is 0 Å². The van der Waals surface area contributed by atoms with Crippen LogP contribution in [0.5, 0.6) is 0 Å². The fourth-order valence-corrected chi connectivity index (χ4v) is 2.99. The number of rotatable bonds is 5. The van der Waals surface area contributed by atoms with Crippen molar-refractivity contribution in [1.29, 1.82) is 0 Å². The van der Waals surface area contributed by atoms with Gasteiger partial charge in [0.05, 0.1) is 10.2 Å². The highest BCUT2D eigenvalue weighted by Crippen LogP contribution is 2.28. The largest absolute Gasteiger partial charge is 0.361 e. The van der Waals surface area contributed by atoms with Crippen molar-refractivity contribution in [2.45, 2.75) is 26.2 Å². The molecule has 1 aromatic carbocycles. The van der Waals surface area contributed by atoms with Crippen LogP contribution in [-0.4, -0.2) is 11.5 Å². The van der Waals surface area contributed by atoms with E-state index in [-0.39, 0.29) is 0 Å². The molecule has 0 unspecified atom stereocenters. The number of fused-ring (bicyclic) bond motifs is 1. The maximum Gasteiger partial charge on any atom is 0.183 e. The van der Waals surface area contributed by atoms with E-state index in [4.69, 9.17) is 0 Å². The van der Waals surface area contributed by atoms with Crippen molar-refractivity contribution in [3.05, 3.63) is 22.7 Å². The van der Waals surface area contributed by atoms with Crippen molar-refractivity contribution < 1.29 is 0 Å². The van der Waals surface area contributed by atoms with Gasteiger partial charge < -0.3 is 5.32 Å². The molecule has 16 heavy (non-hydrogen) atoms. The first-order valence-electron chi connectivity index (χ1n) is 5.59. The molecule has 0 amide bonds. The first-order chi connectivity index (χ1) is 7.79. The standard InChI is InChI=1S/C12H15BrN2S/c1-2-3-4-7-14-12-15-10-6-5-9(13)8-11(10)16-12/h5-6,8H,2-4,7H2,1H3,(H,14,15). The highest BCUT2D eigenvalue weighted by molar-refractivity contribution is 9.10. The van der Waals surface area contributed by atoms with Crippen molar-refractivity contribution in [2.75, 3.05) is 11.9 Å². The van der Waals surface area contributed by atoms with Gasteiger partial charge in [-0.1, -0.05) is 47.0 Å². The Balaban J connectivity index is 2.02. The topological polar surface area (TPSA) is 24.9 Å². The number of hydrogen-bond donors (Lipinski definition) is 1. The Morgan fingerprint density at radius 3 is 3.06 bits per heavy atom. The maximum atomic E-state index is 4.54. The molecule has 0 aliphatic rings. The lowest BCUT2D eigenvalue weighted by Gasteiger charge is -1.99. The Kier molecular flexibility index (Phi) is 4.18. The van der Waals surface area contributed by atoms with Crippen LogP contribution in [0.2, 0.25) is 0 Å². The molecule has 0 saturated carbocycles. The van der Waals surface area contributed by atoms with E-state index in [0.29, 0.717) is 0 Å². The molecule has 0 saturated heterocycles. The minimum Gasteiger partial charge on any atom is -0.361 e. The molecule has 1 heterocycles. The summed E-state index contributed by atoms with van der Waals surface area (Å²) in [5, 5.41) is 4.41. The third-order valence-corrected chi connectivity index (χ3v) is 3.88. The molecule has 4 heteroatoms. The van der Waals surface area contributed by atoms with Gasteiger partial charge in [-0.2, -0.15) is 0 Å². The lowest BCUT2D eigenvalue weighted by molar-refractivity contribution is 0.743.